The van der Waals surface area contributed by atoms with Crippen LogP contribution in [0.1, 0.15) is 63.4 Å². The predicted molar refractivity (Wildman–Crippen MR) is 114 cm³/mol. The number of nitrogens with one attached hydrogen (secondary N) is 1. The van der Waals surface area contributed by atoms with Gasteiger partial charge in [-0.1, -0.05) is 42.1 Å². The second-order valence-corrected chi connectivity index (χ2v) is 8.87. The quantitative estimate of drug-likeness (QED) is 0.668. The number of carbonyl (C=O) groups is 2. The molecule has 1 saturated carbocycles. The van der Waals surface area contributed by atoms with Crippen LogP contribution in [0.2, 0.25) is 10.0 Å². The molecular formula is C22H30Cl2N2O2. The van der Waals surface area contributed by atoms with E-state index in [0.717, 1.165) is 24.9 Å². The van der Waals surface area contributed by atoms with Crippen LogP contribution in [0, 0.1) is 5.92 Å². The first-order valence-corrected chi connectivity index (χ1v) is 11.3. The molecule has 2 aliphatic rings. The Morgan fingerprint density at radius 3 is 2.68 bits per heavy atom. The molecule has 4 nitrogen and oxygen atoms in total. The number of benzene rings is 1. The van der Waals surface area contributed by atoms with Gasteiger partial charge in [0.2, 0.25) is 11.8 Å². The fourth-order valence-corrected chi connectivity index (χ4v) is 5.13. The molecule has 1 heterocycles. The molecule has 28 heavy (non-hydrogen) atoms. The lowest BCUT2D eigenvalue weighted by Crippen LogP contribution is -2.49. The molecule has 2 amide bonds. The van der Waals surface area contributed by atoms with E-state index >= 15 is 0 Å². The maximum atomic E-state index is 12.7. The lowest BCUT2D eigenvalue weighted by atomic mass is 9.78. The number of rotatable bonds is 7. The third kappa shape index (κ3) is 5.87. The van der Waals surface area contributed by atoms with Crippen LogP contribution in [0.5, 0.6) is 0 Å². The summed E-state index contributed by atoms with van der Waals surface area (Å²) in [4.78, 5) is 26.9. The molecule has 3 rings (SSSR count). The van der Waals surface area contributed by atoms with Crippen molar-refractivity contribution in [1.29, 1.82) is 0 Å². The number of halogens is 2. The zero-order chi connectivity index (χ0) is 19.9. The molecule has 1 aliphatic heterocycles. The Morgan fingerprint density at radius 1 is 1.07 bits per heavy atom. The Morgan fingerprint density at radius 2 is 1.86 bits per heavy atom. The molecule has 154 valence electrons. The van der Waals surface area contributed by atoms with E-state index in [4.69, 9.17) is 23.2 Å². The van der Waals surface area contributed by atoms with Gasteiger partial charge in [-0.15, -0.1) is 0 Å². The van der Waals surface area contributed by atoms with Gasteiger partial charge in [0.15, 0.2) is 0 Å². The van der Waals surface area contributed by atoms with Crippen LogP contribution in [0.3, 0.4) is 0 Å². The molecule has 1 aliphatic carbocycles. The minimum absolute atomic E-state index is 0.00734. The summed E-state index contributed by atoms with van der Waals surface area (Å²) in [6.45, 7) is 1.43. The number of hydrogen-bond acceptors (Lipinski definition) is 2. The number of fused-ring (bicyclic) bond motifs is 1. The predicted octanol–water partition coefficient (Wildman–Crippen LogP) is 5.00. The molecule has 1 aromatic rings. The molecule has 1 saturated heterocycles. The van der Waals surface area contributed by atoms with Crippen LogP contribution < -0.4 is 5.32 Å². The Hall–Kier alpha value is -1.26. The molecule has 1 N–H and O–H groups in total. The minimum Gasteiger partial charge on any atom is -0.356 e. The molecule has 0 aromatic heterocycles. The van der Waals surface area contributed by atoms with E-state index < -0.39 is 0 Å². The smallest absolute Gasteiger partial charge is 0.222 e. The van der Waals surface area contributed by atoms with Crippen molar-refractivity contribution in [3.05, 3.63) is 33.8 Å². The molecule has 2 fully saturated rings. The fraction of sp³-hybridized carbons (Fsp3) is 0.636. The van der Waals surface area contributed by atoms with E-state index in [1.54, 1.807) is 12.1 Å². The Kier molecular flexibility index (Phi) is 8.04. The summed E-state index contributed by atoms with van der Waals surface area (Å²) in [5, 5.41) is 4.14. The van der Waals surface area contributed by atoms with Gasteiger partial charge >= 0.3 is 0 Å². The van der Waals surface area contributed by atoms with Gasteiger partial charge in [0.05, 0.1) is 0 Å². The lowest BCUT2D eigenvalue weighted by molar-refractivity contribution is -0.137. The van der Waals surface area contributed by atoms with Crippen molar-refractivity contribution < 1.29 is 9.59 Å². The van der Waals surface area contributed by atoms with Crippen LogP contribution in [0.15, 0.2) is 18.2 Å². The van der Waals surface area contributed by atoms with Crippen molar-refractivity contribution in [2.75, 3.05) is 13.1 Å². The van der Waals surface area contributed by atoms with Crippen molar-refractivity contribution in [2.24, 2.45) is 5.92 Å². The number of piperidine rings is 1. The van der Waals surface area contributed by atoms with E-state index in [0.29, 0.717) is 54.2 Å². The number of amides is 2. The number of likely N-dealkylation sites (tertiary alicyclic amines) is 1. The standard InChI is InChI=1S/C22H30Cl2N2O2/c23-18-11-10-16(19(24)15-18)12-13-25-21(27)8-3-9-22(28)26-14-4-6-17-5-1-2-7-20(17)26/h10-11,15,17,20H,1-9,12-14H2,(H,25,27). The van der Waals surface area contributed by atoms with E-state index in [1.165, 1.54) is 25.7 Å². The van der Waals surface area contributed by atoms with Crippen molar-refractivity contribution >= 4 is 35.0 Å². The first-order chi connectivity index (χ1) is 13.5. The monoisotopic (exact) mass is 424 g/mol. The summed E-state index contributed by atoms with van der Waals surface area (Å²) in [5.74, 6) is 0.929. The van der Waals surface area contributed by atoms with Gasteiger partial charge in [0.1, 0.15) is 0 Å². The molecule has 0 radical (unpaired) electrons. The van der Waals surface area contributed by atoms with Gasteiger partial charge in [-0.25, -0.2) is 0 Å². The van der Waals surface area contributed by atoms with Crippen LogP contribution in [-0.4, -0.2) is 35.8 Å². The zero-order valence-electron chi connectivity index (χ0n) is 16.4. The van der Waals surface area contributed by atoms with E-state index in [-0.39, 0.29) is 11.8 Å². The van der Waals surface area contributed by atoms with Crippen LogP contribution in [0.4, 0.5) is 0 Å². The molecule has 1 aromatic carbocycles. The maximum absolute atomic E-state index is 12.7. The second-order valence-electron chi connectivity index (χ2n) is 8.03. The highest BCUT2D eigenvalue weighted by Crippen LogP contribution is 2.35. The highest BCUT2D eigenvalue weighted by molar-refractivity contribution is 6.35. The average Bonchev–Trinajstić information content (AvgIpc) is 2.69. The first-order valence-electron chi connectivity index (χ1n) is 10.5. The molecule has 6 heteroatoms. The van der Waals surface area contributed by atoms with E-state index in [2.05, 4.69) is 10.2 Å². The summed E-state index contributed by atoms with van der Waals surface area (Å²) in [6.07, 6.45) is 9.52. The van der Waals surface area contributed by atoms with Crippen molar-refractivity contribution in [1.82, 2.24) is 10.2 Å². The Balaban J connectivity index is 1.35. The minimum atomic E-state index is -0.00734. The Bertz CT molecular complexity index is 693. The molecule has 0 bridgehead atoms. The number of nitrogens with zero attached hydrogens (tertiary/aromatic N) is 1. The highest BCUT2D eigenvalue weighted by Gasteiger charge is 2.35. The van der Waals surface area contributed by atoms with Gasteiger partial charge < -0.3 is 10.2 Å². The summed E-state index contributed by atoms with van der Waals surface area (Å²) >= 11 is 12.0. The molecular weight excluding hydrogens is 395 g/mol. The zero-order valence-corrected chi connectivity index (χ0v) is 17.9. The first kappa shape index (κ1) is 21.4. The normalized spacial score (nSPS) is 21.9. The summed E-state index contributed by atoms with van der Waals surface area (Å²) in [7, 11) is 0. The van der Waals surface area contributed by atoms with Gasteiger partial charge in [0, 0.05) is 42.0 Å². The molecule has 2 atom stereocenters. The Labute approximate surface area is 177 Å². The van der Waals surface area contributed by atoms with Gasteiger partial charge in [-0.05, 0) is 62.1 Å². The summed E-state index contributed by atoms with van der Waals surface area (Å²) < 4.78 is 0. The van der Waals surface area contributed by atoms with Gasteiger partial charge in [-0.2, -0.15) is 0 Å². The van der Waals surface area contributed by atoms with E-state index in [9.17, 15) is 9.59 Å². The number of carbonyl (C=O) groups excluding carboxylic acids is 2. The van der Waals surface area contributed by atoms with Gasteiger partial charge in [0.25, 0.3) is 0 Å². The van der Waals surface area contributed by atoms with Crippen molar-refractivity contribution in [3.8, 4) is 0 Å². The maximum Gasteiger partial charge on any atom is 0.222 e. The van der Waals surface area contributed by atoms with E-state index in [1.807, 2.05) is 6.07 Å². The van der Waals surface area contributed by atoms with Crippen LogP contribution in [0.25, 0.3) is 0 Å². The molecule has 2 unspecified atom stereocenters. The third-order valence-electron chi connectivity index (χ3n) is 6.09. The average molecular weight is 425 g/mol. The number of hydrogen-bond donors (Lipinski definition) is 1. The highest BCUT2D eigenvalue weighted by atomic mass is 35.5. The summed E-state index contributed by atoms with van der Waals surface area (Å²) in [5.41, 5.74) is 0.966. The second kappa shape index (κ2) is 10.5. The lowest BCUT2D eigenvalue weighted by Gasteiger charge is -2.44. The van der Waals surface area contributed by atoms with Crippen molar-refractivity contribution in [2.45, 2.75) is 70.3 Å². The summed E-state index contributed by atoms with van der Waals surface area (Å²) in [6, 6.07) is 5.84. The largest absolute Gasteiger partial charge is 0.356 e. The van der Waals surface area contributed by atoms with Crippen LogP contribution in [-0.2, 0) is 16.0 Å². The van der Waals surface area contributed by atoms with Gasteiger partial charge in [-0.3, -0.25) is 9.59 Å². The third-order valence-corrected chi connectivity index (χ3v) is 6.68. The molecule has 0 spiro atoms. The van der Waals surface area contributed by atoms with Crippen molar-refractivity contribution in [3.63, 3.8) is 0 Å². The topological polar surface area (TPSA) is 49.4 Å². The fourth-order valence-electron chi connectivity index (χ4n) is 4.63. The SMILES string of the molecule is O=C(CCCC(=O)N1CCCC2CCCCC21)NCCc1ccc(Cl)cc1Cl. The van der Waals surface area contributed by atoms with Crippen LogP contribution >= 0.6 is 23.2 Å².